The Labute approximate surface area is 111 Å². The zero-order valence-corrected chi connectivity index (χ0v) is 11.5. The Bertz CT molecular complexity index is 549. The summed E-state index contributed by atoms with van der Waals surface area (Å²) in [6, 6.07) is 2.55. The molecule has 0 amide bonds. The third-order valence-corrected chi connectivity index (χ3v) is 3.55. The first-order valence-corrected chi connectivity index (χ1v) is 6.13. The smallest absolute Gasteiger partial charge is 0.400 e. The van der Waals surface area contributed by atoms with Gasteiger partial charge in [-0.15, -0.1) is 0 Å². The van der Waals surface area contributed by atoms with Crippen LogP contribution in [0.15, 0.2) is 22.9 Å². The highest BCUT2D eigenvalue weighted by molar-refractivity contribution is 6.52. The van der Waals surface area contributed by atoms with E-state index in [2.05, 4.69) is 0 Å². The third-order valence-electron chi connectivity index (χ3n) is 3.55. The Morgan fingerprint density at radius 3 is 2.32 bits per heavy atom. The number of hydrogen-bond acceptors (Lipinski definition) is 3. The molecule has 1 N–H and O–H groups in total. The molecule has 0 aliphatic carbocycles. The second kappa shape index (κ2) is 4.61. The third kappa shape index (κ3) is 2.96. The molecule has 6 heteroatoms. The summed E-state index contributed by atoms with van der Waals surface area (Å²) >= 11 is 0. The molecule has 0 atom stereocenters. The van der Waals surface area contributed by atoms with Gasteiger partial charge in [-0.25, -0.2) is 0 Å². The predicted octanol–water partition coefficient (Wildman–Crippen LogP) is 2.16. The lowest BCUT2D eigenvalue weighted by Gasteiger charge is -2.32. The number of H-pyrrole nitrogens is 1. The summed E-state index contributed by atoms with van der Waals surface area (Å²) in [7, 11) is -0.507. The summed E-state index contributed by atoms with van der Waals surface area (Å²) in [4.78, 5) is 13.2. The van der Waals surface area contributed by atoms with Crippen LogP contribution >= 0.6 is 0 Å². The highest BCUT2D eigenvalue weighted by atomic mass is 19.1. The summed E-state index contributed by atoms with van der Waals surface area (Å²) in [5.74, 6) is 1.01. The van der Waals surface area contributed by atoms with E-state index in [1.165, 1.54) is 12.1 Å². The molecule has 0 unspecified atom stereocenters. The lowest BCUT2D eigenvalue weighted by Crippen LogP contribution is -2.41. The Morgan fingerprint density at radius 1 is 1.21 bits per heavy atom. The molecule has 0 bridgehead atoms. The fourth-order valence-corrected chi connectivity index (χ4v) is 1.78. The number of aromatic amines is 1. The van der Waals surface area contributed by atoms with Gasteiger partial charge in [0, 0.05) is 6.07 Å². The van der Waals surface area contributed by atoms with Gasteiger partial charge in [0.1, 0.15) is 0 Å². The molecule has 19 heavy (non-hydrogen) atoms. The van der Waals surface area contributed by atoms with E-state index in [0.29, 0.717) is 5.56 Å². The first kappa shape index (κ1) is 14.0. The molecule has 0 spiro atoms. The summed E-state index contributed by atoms with van der Waals surface area (Å²) in [6.45, 7) is 7.81. The second-order valence-electron chi connectivity index (χ2n) is 5.61. The second-order valence-corrected chi connectivity index (χ2v) is 5.61. The maximum atomic E-state index is 13.0. The molecule has 4 nitrogen and oxygen atoms in total. The quantitative estimate of drug-likeness (QED) is 0.658. The number of nitrogens with one attached hydrogen (secondary N) is 1. The van der Waals surface area contributed by atoms with E-state index in [9.17, 15) is 9.18 Å². The van der Waals surface area contributed by atoms with Crippen LogP contribution in [0.25, 0.3) is 6.08 Å². The van der Waals surface area contributed by atoms with E-state index in [-0.39, 0.29) is 0 Å². The van der Waals surface area contributed by atoms with Crippen molar-refractivity contribution in [3.63, 3.8) is 0 Å². The van der Waals surface area contributed by atoms with Crippen LogP contribution in [0.1, 0.15) is 33.3 Å². The number of pyridine rings is 1. The largest absolute Gasteiger partial charge is 0.487 e. The van der Waals surface area contributed by atoms with Crippen molar-refractivity contribution in [1.82, 2.24) is 4.98 Å². The van der Waals surface area contributed by atoms with Crippen LogP contribution in [0.2, 0.25) is 0 Å². The molecule has 1 aromatic rings. The molecule has 1 aliphatic heterocycles. The summed E-state index contributed by atoms with van der Waals surface area (Å²) in [6.07, 6.45) is 1.61. The van der Waals surface area contributed by atoms with Crippen molar-refractivity contribution >= 4 is 13.2 Å². The molecular weight excluding hydrogens is 248 g/mol. The van der Waals surface area contributed by atoms with Gasteiger partial charge in [-0.2, -0.15) is 4.39 Å². The predicted molar refractivity (Wildman–Crippen MR) is 72.1 cm³/mol. The normalized spacial score (nSPS) is 21.2. The van der Waals surface area contributed by atoms with E-state index < -0.39 is 29.8 Å². The summed E-state index contributed by atoms with van der Waals surface area (Å²) in [5.41, 5.74) is -0.840. The number of hydrogen-bond donors (Lipinski definition) is 1. The van der Waals surface area contributed by atoms with Crippen LogP contribution in [0, 0.1) is 5.95 Å². The molecule has 0 saturated carbocycles. The lowest BCUT2D eigenvalue weighted by atomic mass is 9.89. The Kier molecular flexibility index (Phi) is 3.41. The molecule has 102 valence electrons. The first-order valence-electron chi connectivity index (χ1n) is 6.13. The molecular formula is C13H17BFNO3. The van der Waals surface area contributed by atoms with Crippen LogP contribution in [-0.2, 0) is 9.31 Å². The van der Waals surface area contributed by atoms with Crippen molar-refractivity contribution in [2.24, 2.45) is 0 Å². The molecule has 0 radical (unpaired) electrons. The monoisotopic (exact) mass is 265 g/mol. The highest BCUT2D eigenvalue weighted by Gasteiger charge is 2.49. The summed E-state index contributed by atoms with van der Waals surface area (Å²) in [5, 5.41) is 0. The molecule has 1 fully saturated rings. The van der Waals surface area contributed by atoms with E-state index in [1.807, 2.05) is 32.7 Å². The Morgan fingerprint density at radius 2 is 1.79 bits per heavy atom. The number of rotatable bonds is 2. The van der Waals surface area contributed by atoms with Crippen molar-refractivity contribution in [3.05, 3.63) is 40.0 Å². The van der Waals surface area contributed by atoms with Gasteiger partial charge in [-0.3, -0.25) is 9.78 Å². The molecule has 0 aromatic carbocycles. The van der Waals surface area contributed by atoms with Crippen LogP contribution in [0.3, 0.4) is 0 Å². The molecule has 1 aromatic heterocycles. The van der Waals surface area contributed by atoms with Crippen LogP contribution in [0.4, 0.5) is 4.39 Å². The fourth-order valence-electron chi connectivity index (χ4n) is 1.78. The van der Waals surface area contributed by atoms with E-state index >= 15 is 0 Å². The zero-order chi connectivity index (χ0) is 14.3. The van der Waals surface area contributed by atoms with Gasteiger partial charge in [-0.05, 0) is 39.3 Å². The molecule has 2 heterocycles. The lowest BCUT2D eigenvalue weighted by molar-refractivity contribution is 0.00578. The van der Waals surface area contributed by atoms with Gasteiger partial charge >= 0.3 is 7.12 Å². The van der Waals surface area contributed by atoms with E-state index in [0.717, 1.165) is 0 Å². The van der Waals surface area contributed by atoms with Gasteiger partial charge in [-0.1, -0.05) is 12.1 Å². The van der Waals surface area contributed by atoms with Gasteiger partial charge in [0.25, 0.3) is 5.56 Å². The van der Waals surface area contributed by atoms with Gasteiger partial charge in [0.2, 0.25) is 0 Å². The minimum Gasteiger partial charge on any atom is -0.400 e. The minimum atomic E-state index is -0.666. The summed E-state index contributed by atoms with van der Waals surface area (Å²) < 4.78 is 24.5. The first-order chi connectivity index (χ1) is 8.69. The van der Waals surface area contributed by atoms with Crippen molar-refractivity contribution < 1.29 is 13.7 Å². The van der Waals surface area contributed by atoms with Gasteiger partial charge in [0.05, 0.1) is 11.2 Å². The molecule has 1 aliphatic rings. The van der Waals surface area contributed by atoms with Gasteiger partial charge < -0.3 is 9.31 Å². The zero-order valence-electron chi connectivity index (χ0n) is 11.5. The fraction of sp³-hybridized carbons (Fsp3) is 0.462. The molecule has 1 saturated heterocycles. The average Bonchev–Trinajstić information content (AvgIpc) is 2.43. The van der Waals surface area contributed by atoms with Crippen LogP contribution in [0.5, 0.6) is 0 Å². The van der Waals surface area contributed by atoms with Crippen molar-refractivity contribution in [2.75, 3.05) is 0 Å². The average molecular weight is 265 g/mol. The molecule has 2 rings (SSSR count). The maximum Gasteiger partial charge on any atom is 0.487 e. The Balaban J connectivity index is 2.15. The van der Waals surface area contributed by atoms with Crippen molar-refractivity contribution in [1.29, 1.82) is 0 Å². The van der Waals surface area contributed by atoms with E-state index in [1.54, 1.807) is 12.1 Å². The van der Waals surface area contributed by atoms with Gasteiger partial charge in [0.15, 0.2) is 5.95 Å². The Hall–Kier alpha value is -1.40. The number of halogens is 1. The van der Waals surface area contributed by atoms with Crippen LogP contribution in [-0.4, -0.2) is 23.3 Å². The van der Waals surface area contributed by atoms with Crippen molar-refractivity contribution in [3.8, 4) is 0 Å². The number of aromatic nitrogens is 1. The van der Waals surface area contributed by atoms with Crippen LogP contribution < -0.4 is 5.56 Å². The standard InChI is InChI=1S/C13H17BFNO3/c1-12(2)13(3,4)19-14(18-12)6-5-9-7-10(15)16-11(17)8-9/h5-8H,1-4H3,(H,16,17)/b6-5+. The highest BCUT2D eigenvalue weighted by Crippen LogP contribution is 2.36. The van der Waals surface area contributed by atoms with E-state index in [4.69, 9.17) is 9.31 Å². The topological polar surface area (TPSA) is 51.3 Å². The van der Waals surface area contributed by atoms with Crippen molar-refractivity contribution in [2.45, 2.75) is 38.9 Å². The SMILES string of the molecule is CC1(C)OB(/C=C/c2cc(F)[nH]c(=O)c2)OC1(C)C. The minimum absolute atomic E-state index is 0.415. The maximum absolute atomic E-state index is 13.0.